The Morgan fingerprint density at radius 3 is 2.63 bits per heavy atom. The highest BCUT2D eigenvalue weighted by atomic mass is 32.2. The molecule has 35 heavy (non-hydrogen) atoms. The van der Waals surface area contributed by atoms with E-state index in [2.05, 4.69) is 15.4 Å². The number of nitrogens with zero attached hydrogens (tertiary/aromatic N) is 3. The molecule has 3 heterocycles. The number of hydrogen-bond donors (Lipinski definition) is 2. The first-order valence-corrected chi connectivity index (χ1v) is 13.2. The van der Waals surface area contributed by atoms with Crippen LogP contribution in [-0.4, -0.2) is 53.5 Å². The van der Waals surface area contributed by atoms with Gasteiger partial charge in [-0.1, -0.05) is 6.07 Å². The molecule has 184 valence electrons. The van der Waals surface area contributed by atoms with Crippen LogP contribution in [0.4, 0.5) is 5.82 Å². The maximum Gasteiger partial charge on any atom is 0.252 e. The fourth-order valence-electron chi connectivity index (χ4n) is 4.62. The van der Waals surface area contributed by atoms with Crippen molar-refractivity contribution in [2.45, 2.75) is 48.3 Å². The zero-order valence-corrected chi connectivity index (χ0v) is 19.9. The number of nitrogens with two attached hydrogens (primary N) is 1. The third-order valence-electron chi connectivity index (χ3n) is 6.68. The van der Waals surface area contributed by atoms with E-state index in [1.54, 1.807) is 28.9 Å². The highest BCUT2D eigenvalue weighted by Gasteiger charge is 2.38. The Hall–Kier alpha value is -3.31. The summed E-state index contributed by atoms with van der Waals surface area (Å²) in [6, 6.07) is 7.37. The lowest BCUT2D eigenvalue weighted by Crippen LogP contribution is -2.31. The van der Waals surface area contributed by atoms with E-state index in [9.17, 15) is 18.0 Å². The number of fused-ring (bicyclic) bond motifs is 1. The molecule has 1 aliphatic heterocycles. The minimum atomic E-state index is -3.45. The zero-order valence-electron chi connectivity index (χ0n) is 19.1. The lowest BCUT2D eigenvalue weighted by molar-refractivity contribution is -0.120. The molecular weight excluding hydrogens is 470 g/mol. The van der Waals surface area contributed by atoms with Crippen LogP contribution in [0, 0.1) is 5.92 Å². The molecule has 1 aliphatic carbocycles. The molecule has 2 fully saturated rings. The molecule has 2 amide bonds. The van der Waals surface area contributed by atoms with Gasteiger partial charge in [0.25, 0.3) is 5.91 Å². The summed E-state index contributed by atoms with van der Waals surface area (Å²) >= 11 is 0. The second-order valence-corrected chi connectivity index (χ2v) is 11.3. The van der Waals surface area contributed by atoms with Crippen LogP contribution >= 0.6 is 0 Å². The zero-order chi connectivity index (χ0) is 24.6. The molecule has 3 N–H and O–H groups in total. The molecule has 1 aromatic carbocycles. The van der Waals surface area contributed by atoms with Gasteiger partial charge in [0.2, 0.25) is 5.91 Å². The van der Waals surface area contributed by atoms with E-state index in [1.165, 1.54) is 18.5 Å². The molecular formula is C24H27N5O5S. The summed E-state index contributed by atoms with van der Waals surface area (Å²) in [5.41, 5.74) is 6.12. The van der Waals surface area contributed by atoms with E-state index in [1.807, 2.05) is 0 Å². The van der Waals surface area contributed by atoms with Gasteiger partial charge in [-0.3, -0.25) is 14.3 Å². The van der Waals surface area contributed by atoms with Crippen molar-refractivity contribution < 1.29 is 22.7 Å². The van der Waals surface area contributed by atoms with Crippen LogP contribution in [0.25, 0.3) is 10.9 Å². The van der Waals surface area contributed by atoms with Gasteiger partial charge in [-0.2, -0.15) is 5.10 Å². The Kier molecular flexibility index (Phi) is 6.28. The average Bonchev–Trinajstić information content (AvgIpc) is 3.64. The summed E-state index contributed by atoms with van der Waals surface area (Å²) in [6.07, 6.45) is 6.39. The number of primary amides is 1. The maximum absolute atomic E-state index is 13.6. The summed E-state index contributed by atoms with van der Waals surface area (Å²) in [4.78, 5) is 29.8. The molecule has 3 aromatic rings. The summed E-state index contributed by atoms with van der Waals surface area (Å²) in [6.45, 7) is 1.24. The predicted octanol–water partition coefficient (Wildman–Crippen LogP) is 2.46. The van der Waals surface area contributed by atoms with Crippen LogP contribution in [0.5, 0.6) is 0 Å². The van der Waals surface area contributed by atoms with Crippen LogP contribution in [0.15, 0.2) is 47.6 Å². The third kappa shape index (κ3) is 4.65. The molecule has 10 nitrogen and oxygen atoms in total. The summed E-state index contributed by atoms with van der Waals surface area (Å²) < 4.78 is 33.1. The number of sulfone groups is 1. The molecule has 2 aliphatic rings. The fraction of sp³-hybridized carbons (Fsp3) is 0.417. The van der Waals surface area contributed by atoms with Crippen LogP contribution in [0.2, 0.25) is 0 Å². The molecule has 1 saturated heterocycles. The standard InChI is InChI=1S/C24H27N5O5S/c25-22(30)17-3-2-10-26-23(17)28-24(31)20(13-15-8-11-34-12-9-15)29-19-4-1-5-21(18(19)14-27-29)35(32,33)16-6-7-16/h1-5,10,14-16,20H,6-9,11-13H2,(H2,25,30)(H,26,28,31). The first-order chi connectivity index (χ1) is 16.9. The number of aromatic nitrogens is 3. The Morgan fingerprint density at radius 2 is 1.91 bits per heavy atom. The Bertz CT molecular complexity index is 1380. The lowest BCUT2D eigenvalue weighted by atomic mass is 9.92. The summed E-state index contributed by atoms with van der Waals surface area (Å²) in [5, 5.41) is 7.38. The Balaban J connectivity index is 1.53. The number of hydrogen-bond acceptors (Lipinski definition) is 7. The van der Waals surface area contributed by atoms with Crippen LogP contribution in [0.3, 0.4) is 0 Å². The molecule has 1 atom stereocenters. The molecule has 5 rings (SSSR count). The molecule has 0 radical (unpaired) electrons. The molecule has 1 unspecified atom stereocenters. The number of pyridine rings is 1. The van der Waals surface area contributed by atoms with E-state index in [4.69, 9.17) is 10.5 Å². The minimum absolute atomic E-state index is 0.0791. The van der Waals surface area contributed by atoms with Crippen molar-refractivity contribution in [1.29, 1.82) is 0 Å². The van der Waals surface area contributed by atoms with Gasteiger partial charge in [0.15, 0.2) is 9.84 Å². The third-order valence-corrected chi connectivity index (χ3v) is 9.00. The summed E-state index contributed by atoms with van der Waals surface area (Å²) in [7, 11) is -3.45. The quantitative estimate of drug-likeness (QED) is 0.486. The van der Waals surface area contributed by atoms with Gasteiger partial charge in [0, 0.05) is 24.8 Å². The van der Waals surface area contributed by atoms with Gasteiger partial charge in [0.05, 0.1) is 27.4 Å². The number of anilines is 1. The van der Waals surface area contributed by atoms with Gasteiger partial charge < -0.3 is 15.8 Å². The van der Waals surface area contributed by atoms with Crippen LogP contribution < -0.4 is 11.1 Å². The average molecular weight is 498 g/mol. The van der Waals surface area contributed by atoms with E-state index in [0.29, 0.717) is 43.4 Å². The predicted molar refractivity (Wildman–Crippen MR) is 129 cm³/mol. The molecule has 0 bridgehead atoms. The lowest BCUT2D eigenvalue weighted by Gasteiger charge is -2.27. The van der Waals surface area contributed by atoms with E-state index in [0.717, 1.165) is 12.8 Å². The largest absolute Gasteiger partial charge is 0.381 e. The van der Waals surface area contributed by atoms with E-state index >= 15 is 0 Å². The van der Waals surface area contributed by atoms with Crippen LogP contribution in [-0.2, 0) is 19.4 Å². The van der Waals surface area contributed by atoms with Crippen molar-refractivity contribution >= 4 is 38.4 Å². The van der Waals surface area contributed by atoms with Crippen molar-refractivity contribution in [3.8, 4) is 0 Å². The number of carbonyl (C=O) groups is 2. The normalized spacial score (nSPS) is 17.8. The van der Waals surface area contributed by atoms with Crippen molar-refractivity contribution in [2.24, 2.45) is 11.7 Å². The number of nitrogens with one attached hydrogen (secondary N) is 1. The number of rotatable bonds is 8. The maximum atomic E-state index is 13.6. The fourth-order valence-corrected chi connectivity index (χ4v) is 6.47. The van der Waals surface area contributed by atoms with E-state index < -0.39 is 27.7 Å². The Morgan fingerprint density at radius 1 is 1.14 bits per heavy atom. The first-order valence-electron chi connectivity index (χ1n) is 11.7. The molecule has 1 saturated carbocycles. The second kappa shape index (κ2) is 9.38. The number of amides is 2. The highest BCUT2D eigenvalue weighted by Crippen LogP contribution is 2.37. The molecule has 11 heteroatoms. The van der Waals surface area contributed by atoms with Gasteiger partial charge in [0.1, 0.15) is 11.9 Å². The van der Waals surface area contributed by atoms with Crippen molar-refractivity contribution in [3.05, 3.63) is 48.3 Å². The smallest absolute Gasteiger partial charge is 0.252 e. The van der Waals surface area contributed by atoms with Crippen LogP contribution in [0.1, 0.15) is 48.5 Å². The number of ether oxygens (including phenoxy) is 1. The van der Waals surface area contributed by atoms with Crippen molar-refractivity contribution in [3.63, 3.8) is 0 Å². The van der Waals surface area contributed by atoms with E-state index in [-0.39, 0.29) is 27.4 Å². The van der Waals surface area contributed by atoms with Crippen molar-refractivity contribution in [1.82, 2.24) is 14.8 Å². The van der Waals surface area contributed by atoms with Crippen molar-refractivity contribution in [2.75, 3.05) is 18.5 Å². The summed E-state index contributed by atoms with van der Waals surface area (Å²) in [5.74, 6) is -0.807. The van der Waals surface area contributed by atoms with Gasteiger partial charge >= 0.3 is 0 Å². The SMILES string of the molecule is NC(=O)c1cccnc1NC(=O)C(CC1CCOCC1)n1ncc2c(S(=O)(=O)C3CC3)cccc21. The van der Waals surface area contributed by atoms with Gasteiger partial charge in [-0.05, 0) is 62.3 Å². The first kappa shape index (κ1) is 23.4. The molecule has 0 spiro atoms. The topological polar surface area (TPSA) is 146 Å². The van der Waals surface area contributed by atoms with Gasteiger partial charge in [-0.15, -0.1) is 0 Å². The Labute approximate surface area is 202 Å². The molecule has 2 aromatic heterocycles. The number of carbonyl (C=O) groups excluding carboxylic acids is 2. The second-order valence-electron chi connectivity index (χ2n) is 9.08. The monoisotopic (exact) mass is 497 g/mol. The minimum Gasteiger partial charge on any atom is -0.381 e. The number of benzene rings is 1. The van der Waals surface area contributed by atoms with Gasteiger partial charge in [-0.25, -0.2) is 13.4 Å². The highest BCUT2D eigenvalue weighted by molar-refractivity contribution is 7.92.